The molecule has 0 aliphatic carbocycles. The van der Waals surface area contributed by atoms with Crippen molar-refractivity contribution in [3.63, 3.8) is 0 Å². The normalized spacial score (nSPS) is 19.6. The predicted molar refractivity (Wildman–Crippen MR) is 89.0 cm³/mol. The Hall–Kier alpha value is -1.06. The van der Waals surface area contributed by atoms with Gasteiger partial charge < -0.3 is 15.0 Å². The molecule has 1 fully saturated rings. The lowest BCUT2D eigenvalue weighted by Crippen LogP contribution is -2.41. The van der Waals surface area contributed by atoms with Crippen LogP contribution >= 0.6 is 0 Å². The maximum Gasteiger partial charge on any atom is 0.119 e. The minimum absolute atomic E-state index is 0.769. The third kappa shape index (κ3) is 5.68. The number of aryl methyl sites for hydroxylation is 1. The summed E-state index contributed by atoms with van der Waals surface area (Å²) in [5.74, 6) is 1.00. The fourth-order valence-corrected chi connectivity index (χ4v) is 3.16. The minimum atomic E-state index is 0.769. The van der Waals surface area contributed by atoms with Crippen molar-refractivity contribution >= 4 is 0 Å². The Balaban J connectivity index is 1.68. The molecule has 1 aromatic rings. The van der Waals surface area contributed by atoms with Crippen molar-refractivity contribution in [1.82, 2.24) is 10.2 Å². The highest BCUT2D eigenvalue weighted by molar-refractivity contribution is 5.27. The number of nitrogens with zero attached hydrogens (tertiary/aromatic N) is 1. The van der Waals surface area contributed by atoms with E-state index in [1.807, 2.05) is 13.1 Å². The van der Waals surface area contributed by atoms with Gasteiger partial charge in [0.1, 0.15) is 5.75 Å². The van der Waals surface area contributed by atoms with Crippen molar-refractivity contribution in [3.8, 4) is 5.75 Å². The van der Waals surface area contributed by atoms with Crippen LogP contribution in [-0.4, -0.2) is 44.2 Å². The molecular formula is C18H30N2O. The lowest BCUT2D eigenvalue weighted by molar-refractivity contribution is 0.130. The highest BCUT2D eigenvalue weighted by Crippen LogP contribution is 2.19. The van der Waals surface area contributed by atoms with E-state index in [1.54, 1.807) is 0 Å². The predicted octanol–water partition coefficient (Wildman–Crippen LogP) is 3.23. The van der Waals surface area contributed by atoms with Gasteiger partial charge in [-0.2, -0.15) is 0 Å². The number of hydrogen-bond acceptors (Lipinski definition) is 3. The number of ether oxygens (including phenoxy) is 1. The highest BCUT2D eigenvalue weighted by atomic mass is 16.5. The van der Waals surface area contributed by atoms with E-state index >= 15 is 0 Å². The van der Waals surface area contributed by atoms with Crippen LogP contribution in [0.4, 0.5) is 0 Å². The molecule has 1 aliphatic heterocycles. The number of likely N-dealkylation sites (tertiary alicyclic amines) is 1. The van der Waals surface area contributed by atoms with E-state index < -0.39 is 0 Å². The third-order valence-corrected chi connectivity index (χ3v) is 4.32. The first-order chi connectivity index (χ1) is 10.3. The molecule has 1 saturated heterocycles. The first-order valence-corrected chi connectivity index (χ1v) is 8.37. The molecule has 3 nitrogen and oxygen atoms in total. The van der Waals surface area contributed by atoms with Crippen LogP contribution in [0.25, 0.3) is 0 Å². The Morgan fingerprint density at radius 2 is 2.24 bits per heavy atom. The smallest absolute Gasteiger partial charge is 0.119 e. The SMILES string of the molecule is CNCCC1CCCCN1CCCOc1cccc(C)c1. The van der Waals surface area contributed by atoms with Crippen molar-refractivity contribution in [2.45, 2.75) is 45.1 Å². The Labute approximate surface area is 129 Å². The molecule has 0 aromatic heterocycles. The van der Waals surface area contributed by atoms with Gasteiger partial charge in [-0.25, -0.2) is 0 Å². The first-order valence-electron chi connectivity index (χ1n) is 8.37. The van der Waals surface area contributed by atoms with Gasteiger partial charge in [-0.05, 0) is 70.4 Å². The van der Waals surface area contributed by atoms with Crippen LogP contribution in [0.3, 0.4) is 0 Å². The fraction of sp³-hybridized carbons (Fsp3) is 0.667. The van der Waals surface area contributed by atoms with Crippen LogP contribution in [0.1, 0.15) is 37.7 Å². The van der Waals surface area contributed by atoms with E-state index in [4.69, 9.17) is 4.74 Å². The Bertz CT molecular complexity index is 408. The summed E-state index contributed by atoms with van der Waals surface area (Å²) in [5, 5.41) is 3.28. The number of rotatable bonds is 8. The summed E-state index contributed by atoms with van der Waals surface area (Å²) >= 11 is 0. The summed E-state index contributed by atoms with van der Waals surface area (Å²) in [6, 6.07) is 9.08. The molecule has 0 spiro atoms. The molecule has 1 aromatic carbocycles. The summed E-state index contributed by atoms with van der Waals surface area (Å²) < 4.78 is 5.86. The van der Waals surface area contributed by atoms with Gasteiger partial charge in [0.05, 0.1) is 6.61 Å². The second-order valence-corrected chi connectivity index (χ2v) is 6.10. The van der Waals surface area contributed by atoms with Crippen LogP contribution in [0.5, 0.6) is 5.75 Å². The lowest BCUT2D eigenvalue weighted by atomic mass is 9.99. The van der Waals surface area contributed by atoms with Gasteiger partial charge in [0.2, 0.25) is 0 Å². The number of nitrogens with one attached hydrogen (secondary N) is 1. The third-order valence-electron chi connectivity index (χ3n) is 4.32. The number of benzene rings is 1. The van der Waals surface area contributed by atoms with Gasteiger partial charge in [-0.15, -0.1) is 0 Å². The Morgan fingerprint density at radius 3 is 3.05 bits per heavy atom. The maximum atomic E-state index is 5.86. The molecule has 0 saturated carbocycles. The molecule has 118 valence electrons. The average Bonchev–Trinajstić information content (AvgIpc) is 2.50. The van der Waals surface area contributed by atoms with Crippen LogP contribution in [0.2, 0.25) is 0 Å². The summed E-state index contributed by atoms with van der Waals surface area (Å²) in [6.45, 7) is 6.48. The lowest BCUT2D eigenvalue weighted by Gasteiger charge is -2.35. The fourth-order valence-electron chi connectivity index (χ4n) is 3.16. The van der Waals surface area contributed by atoms with E-state index in [1.165, 1.54) is 44.3 Å². The van der Waals surface area contributed by atoms with E-state index in [0.717, 1.165) is 31.4 Å². The molecule has 0 radical (unpaired) electrons. The summed E-state index contributed by atoms with van der Waals surface area (Å²) in [4.78, 5) is 2.67. The first kappa shape index (κ1) is 16.3. The molecule has 21 heavy (non-hydrogen) atoms. The molecule has 0 amide bonds. The largest absolute Gasteiger partial charge is 0.494 e. The van der Waals surface area contributed by atoms with E-state index in [2.05, 4.69) is 35.3 Å². The highest BCUT2D eigenvalue weighted by Gasteiger charge is 2.21. The summed E-state index contributed by atoms with van der Waals surface area (Å²) in [5.41, 5.74) is 1.26. The quantitative estimate of drug-likeness (QED) is 0.744. The van der Waals surface area contributed by atoms with E-state index in [9.17, 15) is 0 Å². The van der Waals surface area contributed by atoms with Gasteiger partial charge >= 0.3 is 0 Å². The molecule has 1 unspecified atom stereocenters. The van der Waals surface area contributed by atoms with Crippen LogP contribution in [-0.2, 0) is 0 Å². The van der Waals surface area contributed by atoms with Crippen molar-refractivity contribution in [3.05, 3.63) is 29.8 Å². The van der Waals surface area contributed by atoms with Crippen molar-refractivity contribution in [2.24, 2.45) is 0 Å². The number of hydrogen-bond donors (Lipinski definition) is 1. The molecule has 1 N–H and O–H groups in total. The summed E-state index contributed by atoms with van der Waals surface area (Å²) in [6.07, 6.45) is 6.50. The van der Waals surface area contributed by atoms with Crippen LogP contribution in [0, 0.1) is 6.92 Å². The topological polar surface area (TPSA) is 24.5 Å². The molecule has 1 heterocycles. The van der Waals surface area contributed by atoms with Gasteiger partial charge in [0.15, 0.2) is 0 Å². The standard InChI is InChI=1S/C18H30N2O/c1-16-7-5-9-18(15-16)21-14-6-13-20-12-4-3-8-17(20)10-11-19-2/h5,7,9,15,17,19H,3-4,6,8,10-14H2,1-2H3. The monoisotopic (exact) mass is 290 g/mol. The average molecular weight is 290 g/mol. The van der Waals surface area contributed by atoms with Crippen molar-refractivity contribution in [1.29, 1.82) is 0 Å². The van der Waals surface area contributed by atoms with Gasteiger partial charge in [-0.1, -0.05) is 18.6 Å². The number of piperidine rings is 1. The second kappa shape index (κ2) is 9.06. The molecule has 2 rings (SSSR count). The van der Waals surface area contributed by atoms with Gasteiger partial charge in [0, 0.05) is 12.6 Å². The second-order valence-electron chi connectivity index (χ2n) is 6.10. The zero-order valence-electron chi connectivity index (χ0n) is 13.6. The van der Waals surface area contributed by atoms with Gasteiger partial charge in [0.25, 0.3) is 0 Å². The molecule has 1 aliphatic rings. The van der Waals surface area contributed by atoms with Crippen molar-refractivity contribution < 1.29 is 4.74 Å². The Kier molecular flexibility index (Phi) is 7.04. The zero-order valence-corrected chi connectivity index (χ0v) is 13.6. The Morgan fingerprint density at radius 1 is 1.33 bits per heavy atom. The van der Waals surface area contributed by atoms with Crippen LogP contribution in [0.15, 0.2) is 24.3 Å². The van der Waals surface area contributed by atoms with Crippen molar-refractivity contribution in [2.75, 3.05) is 33.3 Å². The molecule has 0 bridgehead atoms. The zero-order chi connectivity index (χ0) is 14.9. The molecule has 1 atom stereocenters. The van der Waals surface area contributed by atoms with Gasteiger partial charge in [-0.3, -0.25) is 0 Å². The summed E-state index contributed by atoms with van der Waals surface area (Å²) in [7, 11) is 2.04. The molecular weight excluding hydrogens is 260 g/mol. The van der Waals surface area contributed by atoms with E-state index in [0.29, 0.717) is 0 Å². The maximum absolute atomic E-state index is 5.86. The van der Waals surface area contributed by atoms with Crippen LogP contribution < -0.4 is 10.1 Å². The molecule has 3 heteroatoms. The van der Waals surface area contributed by atoms with E-state index in [-0.39, 0.29) is 0 Å². The minimum Gasteiger partial charge on any atom is -0.494 e.